The molecule has 3 rings (SSSR count). The number of hydrogen-bond donors (Lipinski definition) is 1. The predicted molar refractivity (Wildman–Crippen MR) is 110 cm³/mol. The maximum atomic E-state index is 12.8. The Kier molecular flexibility index (Phi) is 6.39. The number of amides is 1. The number of benzene rings is 3. The molecule has 0 saturated carbocycles. The largest absolute Gasteiger partial charge is 0.338 e. The van der Waals surface area contributed by atoms with Crippen LogP contribution in [0.3, 0.4) is 0 Å². The van der Waals surface area contributed by atoms with Gasteiger partial charge in [-0.15, -0.1) is 0 Å². The summed E-state index contributed by atoms with van der Waals surface area (Å²) in [5.41, 5.74) is 3.43. The normalized spacial score (nSPS) is 12.0. The third-order valence-electron chi connectivity index (χ3n) is 4.98. The molecule has 0 aliphatic rings. The van der Waals surface area contributed by atoms with Crippen LogP contribution in [0.4, 0.5) is 0 Å². The van der Waals surface area contributed by atoms with Crippen molar-refractivity contribution in [3.63, 3.8) is 0 Å². The highest BCUT2D eigenvalue weighted by atomic mass is 16.2. The van der Waals surface area contributed by atoms with Gasteiger partial charge >= 0.3 is 0 Å². The van der Waals surface area contributed by atoms with Crippen LogP contribution in [0.15, 0.2) is 91.0 Å². The third-order valence-corrected chi connectivity index (χ3v) is 4.98. The van der Waals surface area contributed by atoms with E-state index in [4.69, 9.17) is 0 Å². The summed E-state index contributed by atoms with van der Waals surface area (Å²) in [5.74, 6) is 0.0724. The molecule has 0 aliphatic heterocycles. The van der Waals surface area contributed by atoms with Crippen molar-refractivity contribution in [2.75, 3.05) is 13.6 Å². The number of nitrogens with zero attached hydrogens (tertiary/aromatic N) is 1. The van der Waals surface area contributed by atoms with E-state index in [0.717, 1.165) is 16.7 Å². The van der Waals surface area contributed by atoms with Gasteiger partial charge in [-0.2, -0.15) is 0 Å². The van der Waals surface area contributed by atoms with Crippen molar-refractivity contribution < 1.29 is 4.79 Å². The van der Waals surface area contributed by atoms with E-state index in [0.29, 0.717) is 0 Å². The van der Waals surface area contributed by atoms with Crippen LogP contribution in [0.25, 0.3) is 0 Å². The smallest absolute Gasteiger partial charge is 0.236 e. The van der Waals surface area contributed by atoms with Gasteiger partial charge in [0.05, 0.1) is 18.6 Å². The molecule has 0 saturated heterocycles. The molecule has 0 fully saturated rings. The van der Waals surface area contributed by atoms with Gasteiger partial charge in [0.1, 0.15) is 0 Å². The summed E-state index contributed by atoms with van der Waals surface area (Å²) in [6.45, 7) is 2.33. The molecule has 1 N–H and O–H groups in total. The molecule has 1 amide bonds. The molecule has 3 heteroatoms. The zero-order valence-corrected chi connectivity index (χ0v) is 15.9. The molecular formula is C24H26N2O. The van der Waals surface area contributed by atoms with E-state index in [1.54, 1.807) is 4.90 Å². The molecule has 3 nitrogen and oxygen atoms in total. The quantitative estimate of drug-likeness (QED) is 0.670. The summed E-state index contributed by atoms with van der Waals surface area (Å²) >= 11 is 0. The van der Waals surface area contributed by atoms with Gasteiger partial charge in [-0.3, -0.25) is 10.1 Å². The number of carbonyl (C=O) groups excluding carboxylic acids is 1. The number of rotatable bonds is 7. The van der Waals surface area contributed by atoms with E-state index in [-0.39, 0.29) is 24.5 Å². The second-order valence-electron chi connectivity index (χ2n) is 6.73. The van der Waals surface area contributed by atoms with E-state index in [1.807, 2.05) is 61.6 Å². The fourth-order valence-electron chi connectivity index (χ4n) is 3.20. The van der Waals surface area contributed by atoms with Gasteiger partial charge in [0, 0.05) is 7.05 Å². The summed E-state index contributed by atoms with van der Waals surface area (Å²) in [6, 6.07) is 30.6. The van der Waals surface area contributed by atoms with Crippen LogP contribution in [-0.4, -0.2) is 24.4 Å². The van der Waals surface area contributed by atoms with Crippen LogP contribution in [0, 0.1) is 0 Å². The van der Waals surface area contributed by atoms with Crippen molar-refractivity contribution in [3.05, 3.63) is 108 Å². The predicted octanol–water partition coefficient (Wildman–Crippen LogP) is 4.59. The van der Waals surface area contributed by atoms with Gasteiger partial charge in [0.15, 0.2) is 0 Å². The molecule has 0 aliphatic carbocycles. The lowest BCUT2D eigenvalue weighted by atomic mass is 9.99. The van der Waals surface area contributed by atoms with Crippen molar-refractivity contribution >= 4 is 5.91 Å². The molecular weight excluding hydrogens is 332 g/mol. The lowest BCUT2D eigenvalue weighted by molar-refractivity contribution is -0.130. The Morgan fingerprint density at radius 1 is 0.778 bits per heavy atom. The Bertz CT molecular complexity index is 795. The summed E-state index contributed by atoms with van der Waals surface area (Å²) in [4.78, 5) is 14.6. The third kappa shape index (κ3) is 4.83. The first-order chi connectivity index (χ1) is 13.2. The van der Waals surface area contributed by atoms with Crippen LogP contribution in [0.1, 0.15) is 35.7 Å². The minimum Gasteiger partial charge on any atom is -0.338 e. The van der Waals surface area contributed by atoms with E-state index in [1.165, 1.54) is 0 Å². The van der Waals surface area contributed by atoms with Crippen LogP contribution in [0.2, 0.25) is 0 Å². The molecule has 3 aromatic carbocycles. The Labute approximate surface area is 161 Å². The van der Waals surface area contributed by atoms with Crippen LogP contribution in [-0.2, 0) is 4.79 Å². The molecule has 3 aromatic rings. The standard InChI is InChI=1S/C24H26N2O/c1-19(20-12-6-3-7-13-20)26(2)23(27)18-25-24(21-14-8-4-9-15-21)22-16-10-5-11-17-22/h3-17,19,24-25H,18H2,1-2H3/t19-/m1/s1. The SMILES string of the molecule is C[C@H](c1ccccc1)N(C)C(=O)CNC(c1ccccc1)c1ccccc1. The lowest BCUT2D eigenvalue weighted by Crippen LogP contribution is -2.38. The van der Waals surface area contributed by atoms with Crippen molar-refractivity contribution in [2.45, 2.75) is 19.0 Å². The number of hydrogen-bond acceptors (Lipinski definition) is 2. The first-order valence-electron chi connectivity index (χ1n) is 9.30. The van der Waals surface area contributed by atoms with Crippen molar-refractivity contribution in [3.8, 4) is 0 Å². The van der Waals surface area contributed by atoms with E-state index >= 15 is 0 Å². The van der Waals surface area contributed by atoms with Gasteiger partial charge in [-0.05, 0) is 23.6 Å². The monoisotopic (exact) mass is 358 g/mol. The van der Waals surface area contributed by atoms with Crippen LogP contribution >= 0.6 is 0 Å². The van der Waals surface area contributed by atoms with E-state index in [2.05, 4.69) is 48.6 Å². The minimum absolute atomic E-state index is 0.0169. The van der Waals surface area contributed by atoms with Crippen molar-refractivity contribution in [1.82, 2.24) is 10.2 Å². The second-order valence-corrected chi connectivity index (χ2v) is 6.73. The summed E-state index contributed by atoms with van der Waals surface area (Å²) in [5, 5.41) is 3.45. The second kappa shape index (κ2) is 9.15. The van der Waals surface area contributed by atoms with Crippen molar-refractivity contribution in [1.29, 1.82) is 0 Å². The molecule has 27 heavy (non-hydrogen) atoms. The Morgan fingerprint density at radius 3 is 1.63 bits per heavy atom. The van der Waals surface area contributed by atoms with Gasteiger partial charge in [-0.1, -0.05) is 91.0 Å². The average molecular weight is 358 g/mol. The first kappa shape index (κ1) is 18.9. The summed E-state index contributed by atoms with van der Waals surface area (Å²) in [7, 11) is 1.86. The summed E-state index contributed by atoms with van der Waals surface area (Å²) < 4.78 is 0. The molecule has 1 atom stereocenters. The zero-order chi connectivity index (χ0) is 19.1. The minimum atomic E-state index is -0.0169. The van der Waals surface area contributed by atoms with Gasteiger partial charge in [0.2, 0.25) is 5.91 Å². The Hall–Kier alpha value is -2.91. The molecule has 0 spiro atoms. The number of nitrogens with one attached hydrogen (secondary N) is 1. The average Bonchev–Trinajstić information content (AvgIpc) is 2.75. The van der Waals surface area contributed by atoms with Crippen LogP contribution < -0.4 is 5.32 Å². The topological polar surface area (TPSA) is 32.3 Å². The lowest BCUT2D eigenvalue weighted by Gasteiger charge is -2.27. The van der Waals surface area contributed by atoms with Crippen LogP contribution in [0.5, 0.6) is 0 Å². The summed E-state index contributed by atoms with van der Waals surface area (Å²) in [6.07, 6.45) is 0. The highest BCUT2D eigenvalue weighted by molar-refractivity contribution is 5.78. The van der Waals surface area contributed by atoms with Gasteiger partial charge in [0.25, 0.3) is 0 Å². The van der Waals surface area contributed by atoms with Crippen molar-refractivity contribution in [2.24, 2.45) is 0 Å². The molecule has 138 valence electrons. The van der Waals surface area contributed by atoms with E-state index in [9.17, 15) is 4.79 Å². The Balaban J connectivity index is 1.71. The molecule has 0 radical (unpaired) electrons. The maximum Gasteiger partial charge on any atom is 0.236 e. The number of carbonyl (C=O) groups is 1. The highest BCUT2D eigenvalue weighted by Crippen LogP contribution is 2.22. The molecule has 0 bridgehead atoms. The van der Waals surface area contributed by atoms with Gasteiger partial charge in [-0.25, -0.2) is 0 Å². The molecule has 0 unspecified atom stereocenters. The van der Waals surface area contributed by atoms with Gasteiger partial charge < -0.3 is 4.90 Å². The van der Waals surface area contributed by atoms with E-state index < -0.39 is 0 Å². The Morgan fingerprint density at radius 2 is 1.19 bits per heavy atom. The first-order valence-corrected chi connectivity index (χ1v) is 9.30. The molecule has 0 aromatic heterocycles. The fraction of sp³-hybridized carbons (Fsp3) is 0.208. The maximum absolute atomic E-state index is 12.8. The zero-order valence-electron chi connectivity index (χ0n) is 15.9. The fourth-order valence-corrected chi connectivity index (χ4v) is 3.20. The number of likely N-dealkylation sites (N-methyl/N-ethyl adjacent to an activating group) is 1. The molecule has 0 heterocycles. The highest BCUT2D eigenvalue weighted by Gasteiger charge is 2.20.